The van der Waals surface area contributed by atoms with Gasteiger partial charge in [-0.15, -0.1) is 10.2 Å². The van der Waals surface area contributed by atoms with Crippen LogP contribution in [0.4, 0.5) is 18.9 Å². The maximum absolute atomic E-state index is 13.4. The van der Waals surface area contributed by atoms with E-state index in [-0.39, 0.29) is 22.8 Å². The topological polar surface area (TPSA) is 99.5 Å². The standard InChI is InChI=1S/C17H11F3N6O/c18-17(19,20)14-8-13(27-12-4-2-1-3-5-12)6-7-15(14)22-10-11(9-21)16-23-25-26-24-16/h1-8,10,22H,(H,23,24,25,26). The van der Waals surface area contributed by atoms with Crippen LogP contribution in [0, 0.1) is 11.3 Å². The highest BCUT2D eigenvalue weighted by Crippen LogP contribution is 2.38. The Kier molecular flexibility index (Phi) is 5.03. The first-order valence-electron chi connectivity index (χ1n) is 7.52. The number of benzene rings is 2. The number of halogens is 3. The molecule has 3 aromatic rings. The zero-order valence-electron chi connectivity index (χ0n) is 13.5. The van der Waals surface area contributed by atoms with Gasteiger partial charge in [0.25, 0.3) is 0 Å². The van der Waals surface area contributed by atoms with Gasteiger partial charge < -0.3 is 10.1 Å². The fraction of sp³-hybridized carbons (Fsp3) is 0.0588. The van der Waals surface area contributed by atoms with Gasteiger partial charge >= 0.3 is 6.18 Å². The summed E-state index contributed by atoms with van der Waals surface area (Å²) in [5, 5.41) is 24.2. The number of rotatable bonds is 5. The van der Waals surface area contributed by atoms with Crippen LogP contribution in [-0.2, 0) is 6.18 Å². The quantitative estimate of drug-likeness (QED) is 0.657. The number of para-hydroxylation sites is 1. The molecular weight excluding hydrogens is 361 g/mol. The van der Waals surface area contributed by atoms with Crippen LogP contribution in [0.2, 0.25) is 0 Å². The summed E-state index contributed by atoms with van der Waals surface area (Å²) in [6.07, 6.45) is -3.56. The van der Waals surface area contributed by atoms with E-state index in [4.69, 9.17) is 10.00 Å². The number of H-pyrrole nitrogens is 1. The lowest BCUT2D eigenvalue weighted by Crippen LogP contribution is -2.09. The van der Waals surface area contributed by atoms with Crippen molar-refractivity contribution >= 4 is 11.3 Å². The predicted molar refractivity (Wildman–Crippen MR) is 89.4 cm³/mol. The molecule has 0 bridgehead atoms. The summed E-state index contributed by atoms with van der Waals surface area (Å²) in [7, 11) is 0. The number of ether oxygens (including phenoxy) is 1. The minimum atomic E-state index is -4.63. The highest BCUT2D eigenvalue weighted by molar-refractivity contribution is 5.74. The Morgan fingerprint density at radius 3 is 2.56 bits per heavy atom. The van der Waals surface area contributed by atoms with Crippen molar-refractivity contribution < 1.29 is 17.9 Å². The molecule has 0 amide bonds. The van der Waals surface area contributed by atoms with Crippen LogP contribution >= 0.6 is 0 Å². The zero-order valence-corrected chi connectivity index (χ0v) is 13.5. The van der Waals surface area contributed by atoms with E-state index in [0.29, 0.717) is 5.75 Å². The molecule has 1 heterocycles. The van der Waals surface area contributed by atoms with E-state index in [1.807, 2.05) is 0 Å². The van der Waals surface area contributed by atoms with Gasteiger partial charge in [0, 0.05) is 6.20 Å². The van der Waals surface area contributed by atoms with Crippen molar-refractivity contribution in [2.45, 2.75) is 6.18 Å². The van der Waals surface area contributed by atoms with Crippen molar-refractivity contribution in [3.05, 3.63) is 66.1 Å². The summed E-state index contributed by atoms with van der Waals surface area (Å²) in [5.74, 6) is 0.402. The van der Waals surface area contributed by atoms with E-state index < -0.39 is 11.7 Å². The van der Waals surface area contributed by atoms with E-state index in [1.165, 1.54) is 12.1 Å². The Balaban J connectivity index is 1.90. The van der Waals surface area contributed by atoms with E-state index in [0.717, 1.165) is 12.3 Å². The molecule has 0 atom stereocenters. The highest BCUT2D eigenvalue weighted by Gasteiger charge is 2.34. The number of aromatic nitrogens is 4. The molecule has 2 aromatic carbocycles. The van der Waals surface area contributed by atoms with Crippen LogP contribution < -0.4 is 10.1 Å². The van der Waals surface area contributed by atoms with Crippen molar-refractivity contribution in [1.29, 1.82) is 5.26 Å². The van der Waals surface area contributed by atoms with E-state index >= 15 is 0 Å². The molecule has 0 radical (unpaired) electrons. The molecule has 3 rings (SSSR count). The van der Waals surface area contributed by atoms with E-state index in [9.17, 15) is 13.2 Å². The fourth-order valence-electron chi connectivity index (χ4n) is 2.14. The molecule has 0 aliphatic carbocycles. The second-order valence-corrected chi connectivity index (χ2v) is 5.17. The summed E-state index contributed by atoms with van der Waals surface area (Å²) in [5.41, 5.74) is -1.28. The third kappa shape index (κ3) is 4.40. The third-order valence-corrected chi connectivity index (χ3v) is 3.35. The van der Waals surface area contributed by atoms with Gasteiger partial charge in [0.2, 0.25) is 5.82 Å². The van der Waals surface area contributed by atoms with Gasteiger partial charge in [0.05, 0.1) is 11.3 Å². The van der Waals surface area contributed by atoms with Gasteiger partial charge in [-0.1, -0.05) is 18.2 Å². The average molecular weight is 372 g/mol. The second-order valence-electron chi connectivity index (χ2n) is 5.17. The number of hydrogen-bond donors (Lipinski definition) is 2. The summed E-state index contributed by atoms with van der Waals surface area (Å²) in [6.45, 7) is 0. The molecule has 0 saturated carbocycles. The number of allylic oxidation sites excluding steroid dienone is 1. The third-order valence-electron chi connectivity index (χ3n) is 3.35. The maximum atomic E-state index is 13.4. The van der Waals surface area contributed by atoms with E-state index in [1.54, 1.807) is 36.4 Å². The van der Waals surface area contributed by atoms with Gasteiger partial charge in [-0.2, -0.15) is 23.6 Å². The lowest BCUT2D eigenvalue weighted by Gasteiger charge is -2.15. The lowest BCUT2D eigenvalue weighted by atomic mass is 10.1. The van der Waals surface area contributed by atoms with Crippen molar-refractivity contribution in [2.24, 2.45) is 0 Å². The predicted octanol–water partition coefficient (Wildman–Crippen LogP) is 3.99. The first-order chi connectivity index (χ1) is 13.0. The normalized spacial score (nSPS) is 11.7. The number of nitrogens with one attached hydrogen (secondary N) is 2. The van der Waals surface area contributed by atoms with Gasteiger partial charge in [-0.25, -0.2) is 0 Å². The Hall–Kier alpha value is -3.87. The van der Waals surface area contributed by atoms with Gasteiger partial charge in [-0.05, 0) is 35.5 Å². The Morgan fingerprint density at radius 1 is 1.15 bits per heavy atom. The number of aromatic amines is 1. The molecule has 0 unspecified atom stereocenters. The number of anilines is 1. The van der Waals surface area contributed by atoms with Crippen molar-refractivity contribution in [2.75, 3.05) is 5.32 Å². The fourth-order valence-corrected chi connectivity index (χ4v) is 2.14. The van der Waals surface area contributed by atoms with Crippen LogP contribution in [0.1, 0.15) is 11.4 Å². The SMILES string of the molecule is N#CC(=CNc1ccc(Oc2ccccc2)cc1C(F)(F)F)c1nn[nH]n1. The molecule has 27 heavy (non-hydrogen) atoms. The Labute approximate surface area is 151 Å². The number of nitriles is 1. The van der Waals surface area contributed by atoms with Crippen LogP contribution in [0.3, 0.4) is 0 Å². The molecule has 0 fully saturated rings. The number of tetrazole rings is 1. The number of hydrogen-bond acceptors (Lipinski definition) is 6. The smallest absolute Gasteiger partial charge is 0.418 e. The Morgan fingerprint density at radius 2 is 1.93 bits per heavy atom. The van der Waals surface area contributed by atoms with Crippen LogP contribution in [0.15, 0.2) is 54.7 Å². The second kappa shape index (κ2) is 7.57. The average Bonchev–Trinajstić information content (AvgIpc) is 3.18. The van der Waals surface area contributed by atoms with E-state index in [2.05, 4.69) is 25.9 Å². The lowest BCUT2D eigenvalue weighted by molar-refractivity contribution is -0.137. The van der Waals surface area contributed by atoms with Crippen molar-refractivity contribution in [3.8, 4) is 17.6 Å². The number of alkyl halides is 3. The molecule has 7 nitrogen and oxygen atoms in total. The molecule has 0 aliphatic rings. The molecular formula is C17H11F3N6O. The largest absolute Gasteiger partial charge is 0.457 e. The van der Waals surface area contributed by atoms with Crippen LogP contribution in [0.5, 0.6) is 11.5 Å². The summed E-state index contributed by atoms with van der Waals surface area (Å²) in [4.78, 5) is 0. The van der Waals surface area contributed by atoms with Gasteiger partial charge in [0.15, 0.2) is 0 Å². The van der Waals surface area contributed by atoms with Crippen molar-refractivity contribution in [3.63, 3.8) is 0 Å². The Bertz CT molecular complexity index is 978. The summed E-state index contributed by atoms with van der Waals surface area (Å²) < 4.78 is 45.7. The van der Waals surface area contributed by atoms with Gasteiger partial charge in [0.1, 0.15) is 23.1 Å². The summed E-state index contributed by atoms with van der Waals surface area (Å²) in [6, 6.07) is 13.7. The van der Waals surface area contributed by atoms with Crippen molar-refractivity contribution in [1.82, 2.24) is 20.6 Å². The molecule has 10 heteroatoms. The molecule has 0 aliphatic heterocycles. The number of nitrogens with zero attached hydrogens (tertiary/aromatic N) is 4. The molecule has 136 valence electrons. The zero-order chi connectivity index (χ0) is 19.3. The minimum Gasteiger partial charge on any atom is -0.457 e. The minimum absolute atomic E-state index is 0.0294. The first-order valence-corrected chi connectivity index (χ1v) is 7.52. The molecule has 0 spiro atoms. The first kappa shape index (κ1) is 17.9. The molecule has 0 saturated heterocycles. The summed E-state index contributed by atoms with van der Waals surface area (Å²) >= 11 is 0. The van der Waals surface area contributed by atoms with Crippen LogP contribution in [-0.4, -0.2) is 20.6 Å². The van der Waals surface area contributed by atoms with Gasteiger partial charge in [-0.3, -0.25) is 0 Å². The molecule has 1 aromatic heterocycles. The molecule has 2 N–H and O–H groups in total. The van der Waals surface area contributed by atoms with Crippen LogP contribution in [0.25, 0.3) is 5.57 Å². The monoisotopic (exact) mass is 372 g/mol. The maximum Gasteiger partial charge on any atom is 0.418 e. The highest BCUT2D eigenvalue weighted by atomic mass is 19.4.